The lowest BCUT2D eigenvalue weighted by atomic mass is 10.2. The van der Waals surface area contributed by atoms with Crippen molar-refractivity contribution in [3.63, 3.8) is 0 Å². The monoisotopic (exact) mass is 473 g/mol. The van der Waals surface area contributed by atoms with Crippen LogP contribution < -0.4 is 20.1 Å². The molecule has 0 unspecified atom stereocenters. The first-order chi connectivity index (χ1) is 14.0. The molecule has 0 spiro atoms. The van der Waals surface area contributed by atoms with Gasteiger partial charge in [-0.2, -0.15) is 0 Å². The highest BCUT2D eigenvalue weighted by Gasteiger charge is 2.19. The van der Waals surface area contributed by atoms with Crippen LogP contribution in [0.1, 0.15) is 25.7 Å². The summed E-state index contributed by atoms with van der Waals surface area (Å²) < 4.78 is 11.9. The average molecular weight is 474 g/mol. The number of fused-ring (bicyclic) bond motifs is 1. The lowest BCUT2D eigenvalue weighted by Gasteiger charge is -2.18. The van der Waals surface area contributed by atoms with Gasteiger partial charge >= 0.3 is 0 Å². The molecule has 4 rings (SSSR count). The number of halogens is 1. The van der Waals surface area contributed by atoms with E-state index in [0.717, 1.165) is 15.8 Å². The molecule has 0 radical (unpaired) electrons. The number of hydrogen-bond donors (Lipinski definition) is 2. The molecule has 0 atom stereocenters. The number of nitrogens with zero attached hydrogens (tertiary/aromatic N) is 1. The topological polar surface area (TPSA) is 89.6 Å². The van der Waals surface area contributed by atoms with Gasteiger partial charge in [0, 0.05) is 21.8 Å². The molecule has 2 amide bonds. The van der Waals surface area contributed by atoms with Gasteiger partial charge in [0.05, 0.1) is 5.69 Å². The molecule has 0 bridgehead atoms. The van der Waals surface area contributed by atoms with Crippen LogP contribution in [0.2, 0.25) is 0 Å². The SMILES string of the molecule is Cc1nc(NC(=O)c2ccc(Br)cc2)sc1C(=O)Nc1ccc2c(c1)OCCO2. The first kappa shape index (κ1) is 19.4. The van der Waals surface area contributed by atoms with Crippen LogP contribution in [0.4, 0.5) is 10.8 Å². The number of rotatable bonds is 4. The molecule has 0 saturated carbocycles. The predicted octanol–water partition coefficient (Wildman–Crippen LogP) is 4.49. The molecule has 0 aliphatic carbocycles. The van der Waals surface area contributed by atoms with Crippen LogP contribution in [0.15, 0.2) is 46.9 Å². The van der Waals surface area contributed by atoms with Gasteiger partial charge in [0.15, 0.2) is 16.6 Å². The molecule has 0 saturated heterocycles. The van der Waals surface area contributed by atoms with E-state index in [2.05, 4.69) is 31.5 Å². The lowest BCUT2D eigenvalue weighted by Crippen LogP contribution is -2.16. The minimum Gasteiger partial charge on any atom is -0.486 e. The number of nitrogens with one attached hydrogen (secondary N) is 2. The fourth-order valence-electron chi connectivity index (χ4n) is 2.74. The maximum Gasteiger partial charge on any atom is 0.267 e. The molecule has 2 heterocycles. The van der Waals surface area contributed by atoms with Gasteiger partial charge in [-0.3, -0.25) is 14.9 Å². The van der Waals surface area contributed by atoms with Crippen LogP contribution in [-0.2, 0) is 0 Å². The van der Waals surface area contributed by atoms with Gasteiger partial charge in [0.2, 0.25) is 0 Å². The van der Waals surface area contributed by atoms with Crippen LogP contribution in [-0.4, -0.2) is 30.0 Å². The van der Waals surface area contributed by atoms with Gasteiger partial charge in [-0.25, -0.2) is 4.98 Å². The standard InChI is InChI=1S/C20H16BrN3O4S/c1-11-17(19(26)23-14-6-7-15-16(10-14)28-9-8-27-15)29-20(22-11)24-18(25)12-2-4-13(21)5-3-12/h2-7,10H,8-9H2,1H3,(H,23,26)(H,22,24,25). The van der Waals surface area contributed by atoms with Crippen molar-refractivity contribution in [1.82, 2.24) is 4.98 Å². The third-order valence-electron chi connectivity index (χ3n) is 4.13. The highest BCUT2D eigenvalue weighted by Crippen LogP contribution is 2.33. The van der Waals surface area contributed by atoms with Crippen molar-refractivity contribution in [2.75, 3.05) is 23.8 Å². The van der Waals surface area contributed by atoms with E-state index in [-0.39, 0.29) is 11.8 Å². The molecule has 2 N–H and O–H groups in total. The second-order valence-electron chi connectivity index (χ2n) is 6.21. The average Bonchev–Trinajstić information content (AvgIpc) is 3.08. The number of amides is 2. The summed E-state index contributed by atoms with van der Waals surface area (Å²) in [5.41, 5.74) is 1.63. The lowest BCUT2D eigenvalue weighted by molar-refractivity contribution is 0.102. The Morgan fingerprint density at radius 1 is 1.00 bits per heavy atom. The van der Waals surface area contributed by atoms with Crippen LogP contribution in [0, 0.1) is 6.92 Å². The van der Waals surface area contributed by atoms with Crippen LogP contribution >= 0.6 is 27.3 Å². The molecular formula is C20H16BrN3O4S. The predicted molar refractivity (Wildman–Crippen MR) is 114 cm³/mol. The maximum atomic E-state index is 12.7. The zero-order valence-corrected chi connectivity index (χ0v) is 17.7. The van der Waals surface area contributed by atoms with Gasteiger partial charge in [-0.05, 0) is 43.3 Å². The number of benzene rings is 2. The molecule has 1 aliphatic heterocycles. The number of thiazole rings is 1. The Kier molecular flexibility index (Phi) is 5.50. The molecule has 148 valence electrons. The Morgan fingerprint density at radius 2 is 1.72 bits per heavy atom. The number of aromatic nitrogens is 1. The van der Waals surface area contributed by atoms with Crippen molar-refractivity contribution >= 4 is 49.9 Å². The summed E-state index contributed by atoms with van der Waals surface area (Å²) in [5.74, 6) is 0.657. The number of carbonyl (C=O) groups excluding carboxylic acids is 2. The second kappa shape index (κ2) is 8.22. The Morgan fingerprint density at radius 3 is 2.48 bits per heavy atom. The van der Waals surface area contributed by atoms with Crippen molar-refractivity contribution in [1.29, 1.82) is 0 Å². The summed E-state index contributed by atoms with van der Waals surface area (Å²) in [6, 6.07) is 12.2. The van der Waals surface area contributed by atoms with Gasteiger partial charge in [-0.1, -0.05) is 27.3 Å². The zero-order valence-electron chi connectivity index (χ0n) is 15.3. The molecule has 7 nitrogen and oxygen atoms in total. The van der Waals surface area contributed by atoms with E-state index >= 15 is 0 Å². The number of ether oxygens (including phenoxy) is 2. The Balaban J connectivity index is 1.46. The summed E-state index contributed by atoms with van der Waals surface area (Å²) in [6.07, 6.45) is 0. The first-order valence-corrected chi connectivity index (χ1v) is 10.4. The zero-order chi connectivity index (χ0) is 20.4. The molecule has 0 fully saturated rings. The molecular weight excluding hydrogens is 458 g/mol. The van der Waals surface area contributed by atoms with Gasteiger partial charge < -0.3 is 14.8 Å². The third-order valence-corrected chi connectivity index (χ3v) is 5.73. The quantitative estimate of drug-likeness (QED) is 0.582. The van der Waals surface area contributed by atoms with Crippen LogP contribution in [0.25, 0.3) is 0 Å². The van der Waals surface area contributed by atoms with E-state index in [1.807, 2.05) is 0 Å². The van der Waals surface area contributed by atoms with Crippen LogP contribution in [0.5, 0.6) is 11.5 Å². The van der Waals surface area contributed by atoms with Crippen molar-refractivity contribution < 1.29 is 19.1 Å². The molecule has 1 aromatic heterocycles. The van der Waals surface area contributed by atoms with Crippen molar-refractivity contribution in [2.24, 2.45) is 0 Å². The number of carbonyl (C=O) groups is 2. The Hall–Kier alpha value is -2.91. The largest absolute Gasteiger partial charge is 0.486 e. The molecule has 9 heteroatoms. The number of anilines is 2. The van der Waals surface area contributed by atoms with E-state index < -0.39 is 0 Å². The van der Waals surface area contributed by atoms with Crippen molar-refractivity contribution in [3.8, 4) is 11.5 Å². The summed E-state index contributed by atoms with van der Waals surface area (Å²) in [6.45, 7) is 2.71. The van der Waals surface area contributed by atoms with E-state index in [0.29, 0.717) is 51.7 Å². The molecule has 1 aliphatic rings. The van der Waals surface area contributed by atoms with Crippen molar-refractivity contribution in [3.05, 3.63) is 63.1 Å². The fourth-order valence-corrected chi connectivity index (χ4v) is 3.86. The summed E-state index contributed by atoms with van der Waals surface area (Å²) >= 11 is 4.46. The first-order valence-electron chi connectivity index (χ1n) is 8.75. The van der Waals surface area contributed by atoms with E-state index in [1.165, 1.54) is 0 Å². The smallest absolute Gasteiger partial charge is 0.267 e. The second-order valence-corrected chi connectivity index (χ2v) is 8.12. The molecule has 29 heavy (non-hydrogen) atoms. The van der Waals surface area contributed by atoms with E-state index in [4.69, 9.17) is 9.47 Å². The van der Waals surface area contributed by atoms with Crippen LogP contribution in [0.3, 0.4) is 0 Å². The molecule has 2 aromatic carbocycles. The van der Waals surface area contributed by atoms with Gasteiger partial charge in [0.1, 0.15) is 18.1 Å². The van der Waals surface area contributed by atoms with Crippen molar-refractivity contribution in [2.45, 2.75) is 6.92 Å². The summed E-state index contributed by atoms with van der Waals surface area (Å²) in [4.78, 5) is 29.8. The fraction of sp³-hybridized carbons (Fsp3) is 0.150. The minimum atomic E-state index is -0.305. The molecule has 3 aromatic rings. The van der Waals surface area contributed by atoms with E-state index in [1.54, 1.807) is 49.4 Å². The Bertz CT molecular complexity index is 1080. The minimum absolute atomic E-state index is 0.287. The maximum absolute atomic E-state index is 12.7. The number of hydrogen-bond acceptors (Lipinski definition) is 6. The third kappa shape index (κ3) is 4.41. The Labute approximate surface area is 179 Å². The summed E-state index contributed by atoms with van der Waals surface area (Å²) in [7, 11) is 0. The normalized spacial score (nSPS) is 12.3. The summed E-state index contributed by atoms with van der Waals surface area (Å²) in [5, 5.41) is 5.93. The van der Waals surface area contributed by atoms with E-state index in [9.17, 15) is 9.59 Å². The highest BCUT2D eigenvalue weighted by molar-refractivity contribution is 9.10. The highest BCUT2D eigenvalue weighted by atomic mass is 79.9. The van der Waals surface area contributed by atoms with Gasteiger partial charge in [-0.15, -0.1) is 0 Å². The number of aryl methyl sites for hydroxylation is 1. The van der Waals surface area contributed by atoms with Gasteiger partial charge in [0.25, 0.3) is 11.8 Å².